The number of benzene rings is 2. The first-order valence-electron chi connectivity index (χ1n) is 10.1. The third-order valence-electron chi connectivity index (χ3n) is 4.63. The summed E-state index contributed by atoms with van der Waals surface area (Å²) in [5, 5.41) is 15.9. The molecule has 0 fully saturated rings. The molecule has 3 aromatic rings. The molecule has 2 aromatic carbocycles. The van der Waals surface area contributed by atoms with Crippen LogP contribution in [0.4, 0.5) is 0 Å². The van der Waals surface area contributed by atoms with Crippen LogP contribution in [0.2, 0.25) is 5.02 Å². The number of aromatic nitrogens is 2. The van der Waals surface area contributed by atoms with Crippen LogP contribution in [0.15, 0.2) is 53.3 Å². The van der Waals surface area contributed by atoms with Gasteiger partial charge in [0.1, 0.15) is 5.69 Å². The molecule has 6 heteroatoms. The maximum atomic E-state index is 13.1. The Balaban J connectivity index is 0.00000219. The molecule has 0 spiro atoms. The third-order valence-corrected chi connectivity index (χ3v) is 4.88. The van der Waals surface area contributed by atoms with Crippen molar-refractivity contribution >= 4 is 11.6 Å². The summed E-state index contributed by atoms with van der Waals surface area (Å²) in [6, 6.07) is 15.2. The number of rotatable bonds is 6. The molecule has 0 saturated heterocycles. The average Bonchev–Trinajstić information content (AvgIpc) is 2.73. The fourth-order valence-electron chi connectivity index (χ4n) is 3.15. The number of nitrogens with zero attached hydrogens (tertiary/aromatic N) is 2. The molecule has 1 aromatic heterocycles. The van der Waals surface area contributed by atoms with Gasteiger partial charge in [0, 0.05) is 44.3 Å². The molecule has 165 valence electrons. The first-order valence-corrected chi connectivity index (χ1v) is 10.5. The van der Waals surface area contributed by atoms with Crippen molar-refractivity contribution in [2.24, 2.45) is 0 Å². The molecule has 0 aliphatic heterocycles. The standard InChI is InChI=1S/C22H23ClN2O2.C2H6.CH3.Y/c1-3-6-19-21(26)20(18-8-5-4-7-15(18)2)22(27)25(24-19)14-13-16-9-11-17(23)12-10-16;1-2;;/h4-5,7-12,26H,3,6,13-14H2,1-2H3;1-2H3;1H3;/q;;-1;. The Hall–Kier alpha value is -1.49. The smallest absolute Gasteiger partial charge is 0.278 e. The summed E-state index contributed by atoms with van der Waals surface area (Å²) in [6.07, 6.45) is 2.11. The molecule has 4 nitrogen and oxygen atoms in total. The van der Waals surface area contributed by atoms with Crippen LogP contribution in [-0.4, -0.2) is 14.9 Å². The van der Waals surface area contributed by atoms with Crippen LogP contribution in [0.1, 0.15) is 44.0 Å². The van der Waals surface area contributed by atoms with Crippen LogP contribution >= 0.6 is 11.6 Å². The van der Waals surface area contributed by atoms with Crippen molar-refractivity contribution in [2.75, 3.05) is 0 Å². The zero-order valence-electron chi connectivity index (χ0n) is 19.2. The average molecular weight is 517 g/mol. The molecule has 0 amide bonds. The molecule has 3 rings (SSSR count). The molecule has 1 radical (unpaired) electrons. The molecule has 0 unspecified atom stereocenters. The van der Waals surface area contributed by atoms with Crippen molar-refractivity contribution in [3.63, 3.8) is 0 Å². The van der Waals surface area contributed by atoms with Crippen LogP contribution in [0, 0.1) is 14.4 Å². The Labute approximate surface area is 216 Å². The Morgan fingerprint density at radius 1 is 1.03 bits per heavy atom. The van der Waals surface area contributed by atoms with Gasteiger partial charge in [-0.05, 0) is 48.6 Å². The van der Waals surface area contributed by atoms with Gasteiger partial charge in [-0.3, -0.25) is 4.79 Å². The monoisotopic (exact) mass is 516 g/mol. The van der Waals surface area contributed by atoms with Gasteiger partial charge in [-0.15, -0.1) is 0 Å². The van der Waals surface area contributed by atoms with Crippen LogP contribution in [0.25, 0.3) is 11.1 Å². The molecular weight excluding hydrogens is 485 g/mol. The van der Waals surface area contributed by atoms with E-state index in [0.717, 1.165) is 23.1 Å². The Kier molecular flexibility index (Phi) is 13.9. The molecule has 1 N–H and O–H groups in total. The van der Waals surface area contributed by atoms with Gasteiger partial charge in [-0.2, -0.15) is 5.10 Å². The molecule has 0 atom stereocenters. The molecule has 31 heavy (non-hydrogen) atoms. The van der Waals surface area contributed by atoms with Crippen molar-refractivity contribution < 1.29 is 37.8 Å². The van der Waals surface area contributed by atoms with E-state index in [1.807, 2.05) is 76.2 Å². The minimum atomic E-state index is -0.268. The summed E-state index contributed by atoms with van der Waals surface area (Å²) < 4.78 is 1.47. The van der Waals surface area contributed by atoms with Crippen molar-refractivity contribution in [3.8, 4) is 16.9 Å². The minimum absolute atomic E-state index is 0. The summed E-state index contributed by atoms with van der Waals surface area (Å²) >= 11 is 5.94. The van der Waals surface area contributed by atoms with Gasteiger partial charge in [0.15, 0.2) is 5.75 Å². The summed E-state index contributed by atoms with van der Waals surface area (Å²) in [5.41, 5.74) is 3.41. The Bertz CT molecular complexity index is 1000. The van der Waals surface area contributed by atoms with Crippen molar-refractivity contribution in [1.29, 1.82) is 0 Å². The van der Waals surface area contributed by atoms with E-state index < -0.39 is 0 Å². The topological polar surface area (TPSA) is 55.1 Å². The molecule has 0 bridgehead atoms. The van der Waals surface area contributed by atoms with E-state index in [0.29, 0.717) is 35.7 Å². The van der Waals surface area contributed by atoms with Crippen molar-refractivity contribution in [3.05, 3.63) is 88.2 Å². The Morgan fingerprint density at radius 2 is 1.65 bits per heavy atom. The third kappa shape index (κ3) is 7.55. The second kappa shape index (κ2) is 14.6. The van der Waals surface area contributed by atoms with E-state index in [1.165, 1.54) is 4.68 Å². The Morgan fingerprint density at radius 3 is 2.23 bits per heavy atom. The molecular formula is C25H32ClN2O2Y-. The minimum Gasteiger partial charge on any atom is -0.505 e. The first-order chi connectivity index (χ1) is 14.0. The van der Waals surface area contributed by atoms with Crippen LogP contribution < -0.4 is 5.56 Å². The summed E-state index contributed by atoms with van der Waals surface area (Å²) in [4.78, 5) is 13.1. The van der Waals surface area contributed by atoms with E-state index in [1.54, 1.807) is 0 Å². The van der Waals surface area contributed by atoms with Gasteiger partial charge in [-0.1, -0.05) is 75.2 Å². The van der Waals surface area contributed by atoms with E-state index in [9.17, 15) is 9.90 Å². The maximum absolute atomic E-state index is 13.1. The summed E-state index contributed by atoms with van der Waals surface area (Å²) in [6.45, 7) is 8.40. The maximum Gasteiger partial charge on any atom is 0.278 e. The largest absolute Gasteiger partial charge is 0.505 e. The fourth-order valence-corrected chi connectivity index (χ4v) is 3.28. The molecule has 0 saturated carbocycles. The number of hydrogen-bond acceptors (Lipinski definition) is 3. The van der Waals surface area contributed by atoms with Gasteiger partial charge in [0.05, 0.1) is 5.56 Å². The quantitative estimate of drug-likeness (QED) is 0.394. The SMILES string of the molecule is CC.CCCc1nn(CCc2ccc(Cl)cc2)c(=O)c(-c2ccccc2C)c1O.[CH3-].[Y]. The number of aryl methyl sites for hydroxylation is 4. The predicted molar refractivity (Wildman–Crippen MR) is 127 cm³/mol. The van der Waals surface area contributed by atoms with Gasteiger partial charge >= 0.3 is 0 Å². The number of halogens is 1. The first kappa shape index (κ1) is 29.5. The summed E-state index contributed by atoms with van der Waals surface area (Å²) in [7, 11) is 0. The van der Waals surface area contributed by atoms with Crippen molar-refractivity contribution in [2.45, 2.75) is 53.5 Å². The van der Waals surface area contributed by atoms with Crippen LogP contribution in [-0.2, 0) is 52.1 Å². The zero-order valence-corrected chi connectivity index (χ0v) is 22.7. The van der Waals surface area contributed by atoms with Gasteiger partial charge in [0.2, 0.25) is 0 Å². The van der Waals surface area contributed by atoms with Gasteiger partial charge in [-0.25, -0.2) is 4.68 Å². The van der Waals surface area contributed by atoms with E-state index in [2.05, 4.69) is 5.10 Å². The predicted octanol–water partition coefficient (Wildman–Crippen LogP) is 6.25. The second-order valence-corrected chi connectivity index (χ2v) is 7.08. The van der Waals surface area contributed by atoms with Gasteiger partial charge < -0.3 is 12.5 Å². The summed E-state index contributed by atoms with van der Waals surface area (Å²) in [5.74, 6) is -0.00103. The van der Waals surface area contributed by atoms with Gasteiger partial charge in [0.25, 0.3) is 5.56 Å². The molecule has 0 aliphatic rings. The molecule has 1 heterocycles. The number of aromatic hydroxyl groups is 1. The number of hydrogen-bond donors (Lipinski definition) is 1. The fraction of sp³-hybridized carbons (Fsp3) is 0.320. The zero-order chi connectivity index (χ0) is 21.4. The van der Waals surface area contributed by atoms with E-state index in [-0.39, 0.29) is 51.4 Å². The van der Waals surface area contributed by atoms with E-state index in [4.69, 9.17) is 11.6 Å². The molecule has 0 aliphatic carbocycles. The second-order valence-electron chi connectivity index (χ2n) is 6.64. The normalized spacial score (nSPS) is 9.71. The van der Waals surface area contributed by atoms with Crippen LogP contribution in [0.5, 0.6) is 5.75 Å². The van der Waals surface area contributed by atoms with Crippen LogP contribution in [0.3, 0.4) is 0 Å². The van der Waals surface area contributed by atoms with Crippen molar-refractivity contribution in [1.82, 2.24) is 9.78 Å². The van der Waals surface area contributed by atoms with E-state index >= 15 is 0 Å².